The van der Waals surface area contributed by atoms with Crippen LogP contribution in [0.3, 0.4) is 0 Å². The summed E-state index contributed by atoms with van der Waals surface area (Å²) in [5.41, 5.74) is 0. The number of rotatable bonds is 4. The number of piperidine rings is 1. The number of pyridine rings is 1. The molecule has 0 spiro atoms. The lowest BCUT2D eigenvalue weighted by atomic mass is 10.1. The van der Waals surface area contributed by atoms with Crippen LogP contribution in [-0.2, 0) is 0 Å². The zero-order valence-electron chi connectivity index (χ0n) is 14.5. The molecule has 2 aliphatic rings. The van der Waals surface area contributed by atoms with Crippen molar-refractivity contribution in [2.24, 2.45) is 0 Å². The van der Waals surface area contributed by atoms with E-state index in [1.165, 1.54) is 19.5 Å². The van der Waals surface area contributed by atoms with Gasteiger partial charge in [-0.1, -0.05) is 12.6 Å². The Morgan fingerprint density at radius 2 is 1.91 bits per heavy atom. The van der Waals surface area contributed by atoms with Crippen LogP contribution in [0.2, 0.25) is 0 Å². The molecule has 1 aromatic rings. The van der Waals surface area contributed by atoms with Gasteiger partial charge in [-0.05, 0) is 58.2 Å². The Bertz CT molecular complexity index is 442. The minimum absolute atomic E-state index is 0.586. The van der Waals surface area contributed by atoms with Crippen LogP contribution in [0.1, 0.15) is 19.3 Å². The van der Waals surface area contributed by atoms with Crippen molar-refractivity contribution in [3.05, 3.63) is 37.2 Å². The molecule has 1 unspecified atom stereocenters. The summed E-state index contributed by atoms with van der Waals surface area (Å²) in [5.74, 6) is 1.09. The van der Waals surface area contributed by atoms with Crippen molar-refractivity contribution in [1.82, 2.24) is 20.5 Å². The third-order valence-corrected chi connectivity index (χ3v) is 4.62. The quantitative estimate of drug-likeness (QED) is 0.885. The van der Waals surface area contributed by atoms with E-state index in [9.17, 15) is 0 Å². The second-order valence-electron chi connectivity index (χ2n) is 6.36. The molecule has 2 N–H and O–H groups in total. The van der Waals surface area contributed by atoms with Gasteiger partial charge in [0.2, 0.25) is 0 Å². The van der Waals surface area contributed by atoms with Gasteiger partial charge in [0.25, 0.3) is 0 Å². The second kappa shape index (κ2) is 9.53. The fourth-order valence-electron chi connectivity index (χ4n) is 3.15. The third-order valence-electron chi connectivity index (χ3n) is 4.62. The molecule has 2 saturated heterocycles. The van der Waals surface area contributed by atoms with Crippen molar-refractivity contribution in [3.63, 3.8) is 0 Å². The van der Waals surface area contributed by atoms with E-state index in [-0.39, 0.29) is 0 Å². The third kappa shape index (κ3) is 5.84. The largest absolute Gasteiger partial charge is 0.388 e. The molecule has 0 radical (unpaired) electrons. The van der Waals surface area contributed by atoms with E-state index in [0.29, 0.717) is 6.04 Å². The van der Waals surface area contributed by atoms with E-state index in [4.69, 9.17) is 0 Å². The second-order valence-corrected chi connectivity index (χ2v) is 6.36. The molecule has 0 aromatic carbocycles. The molecule has 5 nitrogen and oxygen atoms in total. The fraction of sp³-hybridized carbons (Fsp3) is 0.611. The first-order valence-corrected chi connectivity index (χ1v) is 8.61. The van der Waals surface area contributed by atoms with Crippen LogP contribution in [0.25, 0.3) is 0 Å². The minimum Gasteiger partial charge on any atom is -0.388 e. The number of likely N-dealkylation sites (N-methyl/N-ethyl adjacent to an activating group) is 2. The molecule has 3 heterocycles. The molecule has 5 heteroatoms. The summed E-state index contributed by atoms with van der Waals surface area (Å²) in [5, 5.41) is 6.53. The van der Waals surface area contributed by atoms with Crippen LogP contribution >= 0.6 is 0 Å². The average Bonchev–Trinajstić information content (AvgIpc) is 3.03. The molecule has 1 atom stereocenters. The van der Waals surface area contributed by atoms with Crippen LogP contribution in [-0.4, -0.2) is 62.2 Å². The van der Waals surface area contributed by atoms with Gasteiger partial charge in [0.15, 0.2) is 0 Å². The Morgan fingerprint density at radius 1 is 1.17 bits per heavy atom. The van der Waals surface area contributed by atoms with E-state index in [1.54, 1.807) is 6.20 Å². The van der Waals surface area contributed by atoms with Crippen LogP contribution in [0.4, 0.5) is 5.82 Å². The van der Waals surface area contributed by atoms with Crippen molar-refractivity contribution >= 4 is 5.82 Å². The van der Waals surface area contributed by atoms with Crippen molar-refractivity contribution in [2.45, 2.75) is 31.3 Å². The van der Waals surface area contributed by atoms with Gasteiger partial charge in [0, 0.05) is 37.9 Å². The lowest BCUT2D eigenvalue weighted by Gasteiger charge is -2.32. The van der Waals surface area contributed by atoms with Gasteiger partial charge in [0.1, 0.15) is 5.82 Å². The maximum absolute atomic E-state index is 4.36. The van der Waals surface area contributed by atoms with E-state index in [0.717, 1.165) is 37.8 Å². The monoisotopic (exact) mass is 317 g/mol. The van der Waals surface area contributed by atoms with Gasteiger partial charge in [-0.3, -0.25) is 0 Å². The maximum Gasteiger partial charge on any atom is 0.128 e. The van der Waals surface area contributed by atoms with Crippen LogP contribution < -0.4 is 15.5 Å². The summed E-state index contributed by atoms with van der Waals surface area (Å²) >= 11 is 0. The molecule has 23 heavy (non-hydrogen) atoms. The molecule has 128 valence electrons. The predicted molar refractivity (Wildman–Crippen MR) is 97.8 cm³/mol. The number of hydrogen-bond acceptors (Lipinski definition) is 5. The van der Waals surface area contributed by atoms with Gasteiger partial charge < -0.3 is 20.4 Å². The van der Waals surface area contributed by atoms with E-state index in [1.807, 2.05) is 25.4 Å². The molecule has 1 aromatic heterocycles. The predicted octanol–water partition coefficient (Wildman–Crippen LogP) is 1.69. The lowest BCUT2D eigenvalue weighted by molar-refractivity contribution is 0.403. The molecule has 3 rings (SSSR count). The molecule has 0 bridgehead atoms. The summed E-state index contributed by atoms with van der Waals surface area (Å²) < 4.78 is 0. The maximum atomic E-state index is 4.36. The molecule has 2 fully saturated rings. The lowest BCUT2D eigenvalue weighted by Crippen LogP contribution is -2.41. The van der Waals surface area contributed by atoms with Gasteiger partial charge in [-0.2, -0.15) is 0 Å². The molecular weight excluding hydrogens is 286 g/mol. The van der Waals surface area contributed by atoms with Gasteiger partial charge in [-0.15, -0.1) is 0 Å². The Labute approximate surface area is 140 Å². The molecule has 0 saturated carbocycles. The smallest absolute Gasteiger partial charge is 0.128 e. The Kier molecular flexibility index (Phi) is 7.36. The molecule has 2 aliphatic heterocycles. The standard InChI is InChI=1S/C12H17N3.C6H14N2/c1-2-13-11-6-9-15(10-7-11)12-5-3-4-8-14-12;1-7-6-3-4-8(2)5-6/h2-5,8,11,13H,1,6-7,9-10H2;6-7H,3-5H2,1-2H3. The number of hydrogen-bond donors (Lipinski definition) is 2. The van der Waals surface area contributed by atoms with Gasteiger partial charge in [-0.25, -0.2) is 4.98 Å². The minimum atomic E-state index is 0.586. The number of nitrogens with zero attached hydrogens (tertiary/aromatic N) is 3. The van der Waals surface area contributed by atoms with Crippen LogP contribution in [0, 0.1) is 0 Å². The first-order chi connectivity index (χ1) is 11.2. The number of nitrogens with one attached hydrogen (secondary N) is 2. The summed E-state index contributed by atoms with van der Waals surface area (Å²) in [6.07, 6.45) is 7.27. The van der Waals surface area contributed by atoms with Crippen molar-refractivity contribution < 1.29 is 0 Å². The normalized spacial score (nSPS) is 22.3. The van der Waals surface area contributed by atoms with Gasteiger partial charge in [0.05, 0.1) is 0 Å². The Balaban J connectivity index is 0.000000203. The Hall–Kier alpha value is -1.59. The first kappa shape index (κ1) is 17.8. The topological polar surface area (TPSA) is 43.4 Å². The van der Waals surface area contributed by atoms with E-state index in [2.05, 4.69) is 45.1 Å². The summed E-state index contributed by atoms with van der Waals surface area (Å²) in [6.45, 7) is 8.31. The fourth-order valence-corrected chi connectivity index (χ4v) is 3.15. The van der Waals surface area contributed by atoms with E-state index >= 15 is 0 Å². The average molecular weight is 317 g/mol. The van der Waals surface area contributed by atoms with Crippen molar-refractivity contribution in [1.29, 1.82) is 0 Å². The molecule has 0 aliphatic carbocycles. The van der Waals surface area contributed by atoms with E-state index < -0.39 is 0 Å². The number of likely N-dealkylation sites (tertiary alicyclic amines) is 1. The van der Waals surface area contributed by atoms with Crippen LogP contribution in [0.5, 0.6) is 0 Å². The SMILES string of the molecule is C=CNC1CCN(c2ccccn2)CC1.CNC1CCN(C)C1. The van der Waals surface area contributed by atoms with Gasteiger partial charge >= 0.3 is 0 Å². The van der Waals surface area contributed by atoms with Crippen molar-refractivity contribution in [2.75, 3.05) is 45.2 Å². The highest BCUT2D eigenvalue weighted by Gasteiger charge is 2.18. The summed E-state index contributed by atoms with van der Waals surface area (Å²) in [6, 6.07) is 7.40. The zero-order valence-corrected chi connectivity index (χ0v) is 14.5. The molecule has 0 amide bonds. The summed E-state index contributed by atoms with van der Waals surface area (Å²) in [4.78, 5) is 9.04. The number of aromatic nitrogens is 1. The zero-order chi connectivity index (χ0) is 16.5. The summed E-state index contributed by atoms with van der Waals surface area (Å²) in [7, 11) is 4.20. The Morgan fingerprint density at radius 3 is 2.39 bits per heavy atom. The van der Waals surface area contributed by atoms with Crippen LogP contribution in [0.15, 0.2) is 37.2 Å². The highest BCUT2D eigenvalue weighted by Crippen LogP contribution is 2.16. The van der Waals surface area contributed by atoms with Crippen molar-refractivity contribution in [3.8, 4) is 0 Å². The number of anilines is 1. The first-order valence-electron chi connectivity index (χ1n) is 8.61. The highest BCUT2D eigenvalue weighted by atomic mass is 15.2. The molecular formula is C18H31N5. The highest BCUT2D eigenvalue weighted by molar-refractivity contribution is 5.38.